The third-order valence-electron chi connectivity index (χ3n) is 4.51. The van der Waals surface area contributed by atoms with E-state index in [0.29, 0.717) is 28.2 Å². The monoisotopic (exact) mass is 366 g/mol. The lowest BCUT2D eigenvalue weighted by atomic mass is 10.1. The van der Waals surface area contributed by atoms with Crippen molar-refractivity contribution in [3.8, 4) is 11.3 Å². The fourth-order valence-electron chi connectivity index (χ4n) is 3.16. The fourth-order valence-corrected chi connectivity index (χ4v) is 3.16. The topological polar surface area (TPSA) is 81.8 Å². The number of carbonyl (C=O) groups excluding carboxylic acids is 1. The fraction of sp³-hybridized carbons (Fsp3) is 0.0455. The van der Waals surface area contributed by atoms with Gasteiger partial charge in [-0.15, -0.1) is 0 Å². The Balaban J connectivity index is 1.54. The summed E-state index contributed by atoms with van der Waals surface area (Å²) in [5.74, 6) is 0.343. The number of nitrogens with zero attached hydrogens (tertiary/aromatic N) is 4. The van der Waals surface area contributed by atoms with Gasteiger partial charge in [0.2, 0.25) is 5.78 Å². The van der Waals surface area contributed by atoms with Gasteiger partial charge < -0.3 is 4.42 Å². The van der Waals surface area contributed by atoms with Crippen LogP contribution in [0.4, 0.5) is 0 Å². The number of benzene rings is 2. The average Bonchev–Trinajstić information content (AvgIpc) is 3.12. The second kappa shape index (κ2) is 6.35. The minimum atomic E-state index is -0.217. The van der Waals surface area contributed by atoms with Crippen molar-refractivity contribution in [2.24, 2.45) is 0 Å². The molecule has 134 valence electrons. The molecule has 0 amide bonds. The summed E-state index contributed by atoms with van der Waals surface area (Å²) in [6, 6.07) is 15.0. The summed E-state index contributed by atoms with van der Waals surface area (Å²) < 4.78 is 5.46. The molecule has 0 aliphatic rings. The minimum absolute atomic E-state index is 0.217. The number of pyridine rings is 1. The second-order valence-electron chi connectivity index (χ2n) is 6.45. The van der Waals surface area contributed by atoms with Gasteiger partial charge in [0.15, 0.2) is 11.5 Å². The van der Waals surface area contributed by atoms with Gasteiger partial charge in [-0.25, -0.2) is 9.97 Å². The van der Waals surface area contributed by atoms with Gasteiger partial charge >= 0.3 is 0 Å². The lowest BCUT2D eigenvalue weighted by molar-refractivity contribution is 0.103. The van der Waals surface area contributed by atoms with Crippen molar-refractivity contribution in [3.63, 3.8) is 0 Å². The predicted molar refractivity (Wildman–Crippen MR) is 105 cm³/mol. The van der Waals surface area contributed by atoms with Gasteiger partial charge in [0.05, 0.1) is 23.6 Å². The highest BCUT2D eigenvalue weighted by atomic mass is 16.3. The molecular weight excluding hydrogens is 352 g/mol. The van der Waals surface area contributed by atoms with Crippen molar-refractivity contribution in [2.45, 2.75) is 6.92 Å². The number of fused-ring (bicyclic) bond motifs is 2. The number of oxazole rings is 1. The van der Waals surface area contributed by atoms with Crippen molar-refractivity contribution in [1.82, 2.24) is 19.9 Å². The van der Waals surface area contributed by atoms with Gasteiger partial charge in [-0.2, -0.15) is 0 Å². The lowest BCUT2D eigenvalue weighted by Crippen LogP contribution is -2.05. The summed E-state index contributed by atoms with van der Waals surface area (Å²) >= 11 is 0. The van der Waals surface area contributed by atoms with Gasteiger partial charge in [-0.3, -0.25) is 14.8 Å². The van der Waals surface area contributed by atoms with Crippen molar-refractivity contribution < 1.29 is 9.21 Å². The van der Waals surface area contributed by atoms with Crippen LogP contribution in [0.25, 0.3) is 33.3 Å². The van der Waals surface area contributed by atoms with E-state index in [-0.39, 0.29) is 11.5 Å². The van der Waals surface area contributed by atoms with Gasteiger partial charge in [-0.05, 0) is 30.3 Å². The third-order valence-corrected chi connectivity index (χ3v) is 4.51. The van der Waals surface area contributed by atoms with Gasteiger partial charge in [0.25, 0.3) is 0 Å². The molecule has 3 heterocycles. The number of carbonyl (C=O) groups is 1. The Morgan fingerprint density at radius 1 is 0.929 bits per heavy atom. The van der Waals surface area contributed by atoms with E-state index in [1.54, 1.807) is 37.5 Å². The standard InChI is InChI=1S/C22H14N4O2/c1-13-25-18-9-15(6-7-21(18)28-13)22(27)20-12-23-11-19(26-20)16-8-14-4-2-3-5-17(14)24-10-16/h2-12H,1H3. The van der Waals surface area contributed by atoms with Crippen LogP contribution in [-0.4, -0.2) is 25.7 Å². The van der Waals surface area contributed by atoms with Crippen LogP contribution in [0.2, 0.25) is 0 Å². The van der Waals surface area contributed by atoms with Crippen LogP contribution < -0.4 is 0 Å². The second-order valence-corrected chi connectivity index (χ2v) is 6.45. The molecule has 0 bridgehead atoms. The van der Waals surface area contributed by atoms with Crippen LogP contribution in [0.15, 0.2) is 71.5 Å². The highest BCUT2D eigenvalue weighted by Gasteiger charge is 2.15. The Hall–Kier alpha value is -3.93. The van der Waals surface area contributed by atoms with E-state index < -0.39 is 0 Å². The molecule has 0 radical (unpaired) electrons. The maximum Gasteiger partial charge on any atom is 0.213 e. The summed E-state index contributed by atoms with van der Waals surface area (Å²) in [6.07, 6.45) is 4.84. The maximum atomic E-state index is 12.9. The molecule has 0 spiro atoms. The normalized spacial score (nSPS) is 11.2. The zero-order chi connectivity index (χ0) is 19.1. The molecule has 0 fully saturated rings. The van der Waals surface area contributed by atoms with Gasteiger partial charge in [0, 0.05) is 29.6 Å². The van der Waals surface area contributed by atoms with E-state index in [4.69, 9.17) is 4.42 Å². The first-order valence-corrected chi connectivity index (χ1v) is 8.76. The van der Waals surface area contributed by atoms with Gasteiger partial charge in [-0.1, -0.05) is 18.2 Å². The van der Waals surface area contributed by atoms with E-state index in [9.17, 15) is 4.79 Å². The van der Waals surface area contributed by atoms with E-state index in [1.165, 1.54) is 6.20 Å². The first kappa shape index (κ1) is 16.3. The molecule has 6 heteroatoms. The number of hydrogen-bond donors (Lipinski definition) is 0. The van der Waals surface area contributed by atoms with E-state index in [0.717, 1.165) is 16.5 Å². The van der Waals surface area contributed by atoms with Crippen LogP contribution >= 0.6 is 0 Å². The Labute approximate surface area is 159 Å². The third kappa shape index (κ3) is 2.81. The quantitative estimate of drug-likeness (QED) is 0.441. The molecule has 0 N–H and O–H groups in total. The van der Waals surface area contributed by atoms with Crippen LogP contribution in [0.1, 0.15) is 21.9 Å². The number of para-hydroxylation sites is 1. The molecule has 6 nitrogen and oxygen atoms in total. The lowest BCUT2D eigenvalue weighted by Gasteiger charge is -2.05. The molecule has 0 unspecified atom stereocenters. The SMILES string of the molecule is Cc1nc2cc(C(=O)c3cncc(-c4cnc5ccccc5c4)n3)ccc2o1. The zero-order valence-electron chi connectivity index (χ0n) is 15.0. The molecule has 0 saturated carbocycles. The molecule has 5 aromatic rings. The van der Waals surface area contributed by atoms with Crippen LogP contribution in [0.5, 0.6) is 0 Å². The Kier molecular flexibility index (Phi) is 3.69. The van der Waals surface area contributed by atoms with Crippen molar-refractivity contribution >= 4 is 27.8 Å². The number of ketones is 1. The first-order valence-electron chi connectivity index (χ1n) is 8.76. The summed E-state index contributed by atoms with van der Waals surface area (Å²) in [6.45, 7) is 1.77. The first-order chi connectivity index (χ1) is 13.7. The van der Waals surface area contributed by atoms with E-state index >= 15 is 0 Å². The smallest absolute Gasteiger partial charge is 0.213 e. The van der Waals surface area contributed by atoms with E-state index in [2.05, 4.69) is 19.9 Å². The van der Waals surface area contributed by atoms with Crippen LogP contribution in [0, 0.1) is 6.92 Å². The molecule has 28 heavy (non-hydrogen) atoms. The predicted octanol–water partition coefficient (Wildman–Crippen LogP) is 4.37. The number of rotatable bonds is 3. The molecule has 2 aromatic carbocycles. The number of aryl methyl sites for hydroxylation is 1. The molecule has 0 atom stereocenters. The summed E-state index contributed by atoms with van der Waals surface area (Å²) in [5, 5.41) is 1.00. The minimum Gasteiger partial charge on any atom is -0.441 e. The average molecular weight is 366 g/mol. The number of hydrogen-bond acceptors (Lipinski definition) is 6. The molecule has 5 rings (SSSR count). The Morgan fingerprint density at radius 3 is 2.75 bits per heavy atom. The molecule has 0 aliphatic carbocycles. The number of aromatic nitrogens is 4. The molecular formula is C22H14N4O2. The van der Waals surface area contributed by atoms with E-state index in [1.807, 2.05) is 30.3 Å². The Morgan fingerprint density at radius 2 is 1.82 bits per heavy atom. The van der Waals surface area contributed by atoms with Gasteiger partial charge in [0.1, 0.15) is 11.2 Å². The summed E-state index contributed by atoms with van der Waals surface area (Å²) in [4.78, 5) is 30.4. The summed E-state index contributed by atoms with van der Waals surface area (Å²) in [5.41, 5.74) is 4.37. The maximum absolute atomic E-state index is 12.9. The summed E-state index contributed by atoms with van der Waals surface area (Å²) in [7, 11) is 0. The molecule has 0 saturated heterocycles. The van der Waals surface area contributed by atoms with Crippen molar-refractivity contribution in [3.05, 3.63) is 84.3 Å². The molecule has 0 aliphatic heterocycles. The van der Waals surface area contributed by atoms with Crippen molar-refractivity contribution in [1.29, 1.82) is 0 Å². The van der Waals surface area contributed by atoms with Crippen LogP contribution in [0.3, 0.4) is 0 Å². The van der Waals surface area contributed by atoms with Crippen LogP contribution in [-0.2, 0) is 0 Å². The highest BCUT2D eigenvalue weighted by molar-refractivity contribution is 6.09. The Bertz CT molecular complexity index is 1360. The molecule has 3 aromatic heterocycles. The highest BCUT2D eigenvalue weighted by Crippen LogP contribution is 2.22. The van der Waals surface area contributed by atoms with Crippen molar-refractivity contribution in [2.75, 3.05) is 0 Å². The largest absolute Gasteiger partial charge is 0.441 e. The zero-order valence-corrected chi connectivity index (χ0v) is 15.0.